The molecule has 0 heterocycles. The number of aliphatic hydroxyl groups excluding tert-OH is 1. The molecule has 0 saturated heterocycles. The summed E-state index contributed by atoms with van der Waals surface area (Å²) < 4.78 is 37.7. The Hall–Kier alpha value is -1.56. The van der Waals surface area contributed by atoms with Crippen LogP contribution in [0.25, 0.3) is 0 Å². The number of carbonyl (C=O) groups is 1. The molecule has 21 heavy (non-hydrogen) atoms. The van der Waals surface area contributed by atoms with Gasteiger partial charge in [-0.25, -0.2) is 0 Å². The summed E-state index contributed by atoms with van der Waals surface area (Å²) in [5.41, 5.74) is -0.907. The number of halogens is 3. The van der Waals surface area contributed by atoms with Crippen LogP contribution in [0.4, 0.5) is 13.2 Å². The van der Waals surface area contributed by atoms with E-state index in [9.17, 15) is 23.1 Å². The lowest BCUT2D eigenvalue weighted by atomic mass is 10.0. The highest BCUT2D eigenvalue weighted by Crippen LogP contribution is 2.29. The number of nitrogens with one attached hydrogen (secondary N) is 1. The Kier molecular flexibility index (Phi) is 4.88. The summed E-state index contributed by atoms with van der Waals surface area (Å²) in [6.45, 7) is 0.0692. The molecule has 0 spiro atoms. The minimum absolute atomic E-state index is 0.0524. The van der Waals surface area contributed by atoms with Crippen LogP contribution in [0.1, 0.15) is 41.6 Å². The smallest absolute Gasteiger partial charge is 0.391 e. The van der Waals surface area contributed by atoms with E-state index in [4.69, 9.17) is 0 Å². The third kappa shape index (κ3) is 4.20. The van der Waals surface area contributed by atoms with Crippen molar-refractivity contribution in [3.8, 4) is 0 Å². The first-order valence-electron chi connectivity index (χ1n) is 7.01. The van der Waals surface area contributed by atoms with Gasteiger partial charge in [-0.15, -0.1) is 0 Å². The highest BCUT2D eigenvalue weighted by atomic mass is 19.4. The Balaban J connectivity index is 1.94. The lowest BCUT2D eigenvalue weighted by Crippen LogP contribution is -2.35. The zero-order valence-corrected chi connectivity index (χ0v) is 11.5. The van der Waals surface area contributed by atoms with Crippen molar-refractivity contribution < 1.29 is 23.1 Å². The van der Waals surface area contributed by atoms with Crippen LogP contribution in [0.3, 0.4) is 0 Å². The summed E-state index contributed by atoms with van der Waals surface area (Å²) >= 11 is 0. The molecule has 2 N–H and O–H groups in total. The van der Waals surface area contributed by atoms with Gasteiger partial charge in [-0.05, 0) is 37.0 Å². The van der Waals surface area contributed by atoms with Crippen LogP contribution in [0, 0.1) is 5.92 Å². The Labute approximate surface area is 121 Å². The molecule has 6 heteroatoms. The monoisotopic (exact) mass is 301 g/mol. The molecule has 1 saturated carbocycles. The third-order valence-electron chi connectivity index (χ3n) is 3.87. The second kappa shape index (κ2) is 6.47. The fraction of sp³-hybridized carbons (Fsp3) is 0.533. The van der Waals surface area contributed by atoms with Gasteiger partial charge >= 0.3 is 6.18 Å². The van der Waals surface area contributed by atoms with Gasteiger partial charge in [0.1, 0.15) is 0 Å². The first kappa shape index (κ1) is 15.8. The number of amides is 1. The zero-order valence-electron chi connectivity index (χ0n) is 11.5. The molecule has 0 aromatic heterocycles. The fourth-order valence-corrected chi connectivity index (χ4v) is 2.64. The molecule has 1 aromatic rings. The van der Waals surface area contributed by atoms with E-state index in [1.807, 2.05) is 0 Å². The van der Waals surface area contributed by atoms with Crippen molar-refractivity contribution in [2.24, 2.45) is 5.92 Å². The first-order valence-corrected chi connectivity index (χ1v) is 7.01. The van der Waals surface area contributed by atoms with Gasteiger partial charge in [-0.3, -0.25) is 4.79 Å². The van der Waals surface area contributed by atoms with Crippen LogP contribution in [0.5, 0.6) is 0 Å². The molecule has 1 aliphatic rings. The molecule has 2 rings (SSSR count). The van der Waals surface area contributed by atoms with Crippen LogP contribution < -0.4 is 5.32 Å². The molecule has 1 fully saturated rings. The fourth-order valence-electron chi connectivity index (χ4n) is 2.64. The van der Waals surface area contributed by atoms with E-state index < -0.39 is 23.8 Å². The van der Waals surface area contributed by atoms with E-state index in [1.54, 1.807) is 0 Å². The predicted molar refractivity (Wildman–Crippen MR) is 71.7 cm³/mol. The van der Waals surface area contributed by atoms with E-state index >= 15 is 0 Å². The topological polar surface area (TPSA) is 49.3 Å². The number of hydrogen-bond donors (Lipinski definition) is 2. The quantitative estimate of drug-likeness (QED) is 0.898. The maximum Gasteiger partial charge on any atom is 0.416 e. The highest BCUT2D eigenvalue weighted by molar-refractivity contribution is 5.94. The summed E-state index contributed by atoms with van der Waals surface area (Å²) in [7, 11) is 0. The van der Waals surface area contributed by atoms with Gasteiger partial charge in [0.05, 0.1) is 11.7 Å². The van der Waals surface area contributed by atoms with E-state index in [-0.39, 0.29) is 18.0 Å². The van der Waals surface area contributed by atoms with Crippen LogP contribution in [0.2, 0.25) is 0 Å². The van der Waals surface area contributed by atoms with Gasteiger partial charge in [-0.2, -0.15) is 13.2 Å². The molecule has 1 aliphatic carbocycles. The molecule has 0 radical (unpaired) electrons. The van der Waals surface area contributed by atoms with Gasteiger partial charge in [0.25, 0.3) is 5.91 Å². The van der Waals surface area contributed by atoms with E-state index in [0.29, 0.717) is 0 Å². The second-order valence-corrected chi connectivity index (χ2v) is 5.40. The van der Waals surface area contributed by atoms with Gasteiger partial charge in [0, 0.05) is 12.1 Å². The largest absolute Gasteiger partial charge is 0.416 e. The van der Waals surface area contributed by atoms with Crippen molar-refractivity contribution in [1.82, 2.24) is 5.32 Å². The second-order valence-electron chi connectivity index (χ2n) is 5.40. The van der Waals surface area contributed by atoms with Crippen molar-refractivity contribution in [2.75, 3.05) is 6.54 Å². The minimum atomic E-state index is -4.47. The summed E-state index contributed by atoms with van der Waals surface area (Å²) in [6, 6.07) is 4.26. The van der Waals surface area contributed by atoms with Gasteiger partial charge < -0.3 is 10.4 Å². The zero-order chi connectivity index (χ0) is 15.5. The van der Waals surface area contributed by atoms with Crippen molar-refractivity contribution in [3.63, 3.8) is 0 Å². The summed E-state index contributed by atoms with van der Waals surface area (Å²) in [6.07, 6.45) is -1.10. The Morgan fingerprint density at radius 1 is 1.33 bits per heavy atom. The molecular weight excluding hydrogens is 283 g/mol. The van der Waals surface area contributed by atoms with E-state index in [2.05, 4.69) is 5.32 Å². The SMILES string of the molecule is O=C(NCC(O)C1CCCC1)c1cccc(C(F)(F)F)c1. The van der Waals surface area contributed by atoms with Crippen molar-refractivity contribution in [1.29, 1.82) is 0 Å². The predicted octanol–water partition coefficient (Wildman–Crippen LogP) is 2.99. The molecule has 1 unspecified atom stereocenters. The van der Waals surface area contributed by atoms with Gasteiger partial charge in [-0.1, -0.05) is 18.9 Å². The first-order chi connectivity index (χ1) is 9.88. The van der Waals surface area contributed by atoms with E-state index in [0.717, 1.165) is 37.8 Å². The van der Waals surface area contributed by atoms with Crippen LogP contribution in [-0.4, -0.2) is 23.7 Å². The normalized spacial score (nSPS) is 17.7. The minimum Gasteiger partial charge on any atom is -0.391 e. The van der Waals surface area contributed by atoms with Crippen LogP contribution in [-0.2, 0) is 6.18 Å². The average molecular weight is 301 g/mol. The standard InChI is InChI=1S/C15H18F3NO2/c16-15(17,18)12-7-3-6-11(8-12)14(21)19-9-13(20)10-4-1-2-5-10/h3,6-8,10,13,20H,1-2,4-5,9H2,(H,19,21). The van der Waals surface area contributed by atoms with Gasteiger partial charge in [0.2, 0.25) is 0 Å². The molecule has 1 atom stereocenters. The van der Waals surface area contributed by atoms with Crippen molar-refractivity contribution >= 4 is 5.91 Å². The van der Waals surface area contributed by atoms with Crippen molar-refractivity contribution in [3.05, 3.63) is 35.4 Å². The maximum atomic E-state index is 12.6. The summed E-state index contributed by atoms with van der Waals surface area (Å²) in [5, 5.41) is 12.4. The van der Waals surface area contributed by atoms with Crippen LogP contribution in [0.15, 0.2) is 24.3 Å². The lowest BCUT2D eigenvalue weighted by molar-refractivity contribution is -0.137. The number of hydrogen-bond acceptors (Lipinski definition) is 2. The lowest BCUT2D eigenvalue weighted by Gasteiger charge is -2.18. The molecule has 116 valence electrons. The Bertz CT molecular complexity index is 496. The highest BCUT2D eigenvalue weighted by Gasteiger charge is 2.31. The molecule has 1 aromatic carbocycles. The Morgan fingerprint density at radius 2 is 2.00 bits per heavy atom. The molecule has 1 amide bonds. The van der Waals surface area contributed by atoms with Gasteiger partial charge in [0.15, 0.2) is 0 Å². The Morgan fingerprint density at radius 3 is 2.62 bits per heavy atom. The number of benzene rings is 1. The summed E-state index contributed by atoms with van der Waals surface area (Å²) in [4.78, 5) is 11.9. The number of aliphatic hydroxyl groups is 1. The third-order valence-corrected chi connectivity index (χ3v) is 3.87. The summed E-state index contributed by atoms with van der Waals surface area (Å²) in [5.74, 6) is -0.426. The molecular formula is C15H18F3NO2. The van der Waals surface area contributed by atoms with Crippen LogP contribution >= 0.6 is 0 Å². The molecule has 0 bridgehead atoms. The van der Waals surface area contributed by atoms with E-state index in [1.165, 1.54) is 12.1 Å². The van der Waals surface area contributed by atoms with Crippen molar-refractivity contribution in [2.45, 2.75) is 38.0 Å². The number of rotatable bonds is 4. The number of alkyl halides is 3. The average Bonchev–Trinajstić information content (AvgIpc) is 2.98. The molecule has 3 nitrogen and oxygen atoms in total. The maximum absolute atomic E-state index is 12.6. The molecule has 0 aliphatic heterocycles. The number of carbonyl (C=O) groups excluding carboxylic acids is 1.